The van der Waals surface area contributed by atoms with Gasteiger partial charge in [0.2, 0.25) is 0 Å². The molecule has 3 aliphatic rings. The third kappa shape index (κ3) is 3.28. The van der Waals surface area contributed by atoms with Crippen LogP contribution in [0.1, 0.15) is 51.5 Å². The van der Waals surface area contributed by atoms with Gasteiger partial charge >= 0.3 is 0 Å². The van der Waals surface area contributed by atoms with E-state index in [1.807, 2.05) is 0 Å². The lowest BCUT2D eigenvalue weighted by atomic mass is 9.50. The van der Waals surface area contributed by atoms with Crippen molar-refractivity contribution >= 4 is 0 Å². The fraction of sp³-hybridized carbons (Fsp3) is 0.727. The van der Waals surface area contributed by atoms with E-state index in [4.69, 9.17) is 0 Å². The molecule has 1 aromatic rings. The molecule has 4 atom stereocenters. The molecule has 0 aromatic heterocycles. The highest BCUT2D eigenvalue weighted by Gasteiger charge is 2.50. The van der Waals surface area contributed by atoms with E-state index in [1.165, 1.54) is 64.8 Å². The first kappa shape index (κ1) is 16.6. The number of piperazine rings is 1. The summed E-state index contributed by atoms with van der Waals surface area (Å²) in [5.74, 6) is 1.81. The molecule has 24 heavy (non-hydrogen) atoms. The van der Waals surface area contributed by atoms with E-state index in [2.05, 4.69) is 54.4 Å². The number of nitrogens with one attached hydrogen (secondary N) is 1. The van der Waals surface area contributed by atoms with Crippen molar-refractivity contribution < 1.29 is 0 Å². The van der Waals surface area contributed by atoms with E-state index in [1.54, 1.807) is 5.56 Å². The monoisotopic (exact) mass is 326 g/mol. The summed E-state index contributed by atoms with van der Waals surface area (Å²) in [6.45, 7) is 11.2. The fourth-order valence-electron chi connectivity index (χ4n) is 6.58. The smallest absolute Gasteiger partial charge is 0.0108 e. The molecule has 1 heterocycles. The summed E-state index contributed by atoms with van der Waals surface area (Å²) in [7, 11) is 0. The SMILES string of the molecule is CC1CC2CC(C)(CN3CCNCC3)CC(c3ccccc3)(C1)C2. The number of hydrogen-bond acceptors (Lipinski definition) is 2. The van der Waals surface area contributed by atoms with Gasteiger partial charge in [-0.25, -0.2) is 0 Å². The fourth-order valence-corrected chi connectivity index (χ4v) is 6.58. The Hall–Kier alpha value is -0.860. The lowest BCUT2D eigenvalue weighted by Crippen LogP contribution is -2.53. The van der Waals surface area contributed by atoms with Crippen molar-refractivity contribution in [3.8, 4) is 0 Å². The van der Waals surface area contributed by atoms with Crippen LogP contribution in [0.15, 0.2) is 30.3 Å². The highest BCUT2D eigenvalue weighted by atomic mass is 15.2. The normalized spacial score (nSPS) is 40.4. The first-order valence-corrected chi connectivity index (χ1v) is 10.1. The maximum atomic E-state index is 3.50. The molecule has 0 radical (unpaired) electrons. The van der Waals surface area contributed by atoms with Crippen LogP contribution in [0.5, 0.6) is 0 Å². The number of hydrogen-bond donors (Lipinski definition) is 1. The Balaban J connectivity index is 1.60. The maximum absolute atomic E-state index is 3.50. The van der Waals surface area contributed by atoms with E-state index >= 15 is 0 Å². The molecule has 2 saturated carbocycles. The molecule has 2 nitrogen and oxygen atoms in total. The molecule has 0 amide bonds. The van der Waals surface area contributed by atoms with Gasteiger partial charge in [0.05, 0.1) is 0 Å². The summed E-state index contributed by atoms with van der Waals surface area (Å²) in [5.41, 5.74) is 2.54. The van der Waals surface area contributed by atoms with Crippen molar-refractivity contribution in [1.29, 1.82) is 0 Å². The number of fused-ring (bicyclic) bond motifs is 2. The molecular weight excluding hydrogens is 292 g/mol. The first-order valence-electron chi connectivity index (χ1n) is 10.1. The highest BCUT2D eigenvalue weighted by Crippen LogP contribution is 2.58. The van der Waals surface area contributed by atoms with Crippen LogP contribution in [0.25, 0.3) is 0 Å². The third-order valence-corrected chi connectivity index (χ3v) is 6.90. The van der Waals surface area contributed by atoms with Crippen LogP contribution in [0, 0.1) is 17.3 Å². The second kappa shape index (κ2) is 6.46. The first-order chi connectivity index (χ1) is 11.6. The number of rotatable bonds is 3. The number of nitrogens with zero attached hydrogens (tertiary/aromatic N) is 1. The molecule has 132 valence electrons. The maximum Gasteiger partial charge on any atom is 0.0108 e. The Morgan fingerprint density at radius 1 is 1.08 bits per heavy atom. The van der Waals surface area contributed by atoms with Gasteiger partial charge in [-0.1, -0.05) is 44.2 Å². The predicted octanol–water partition coefficient (Wildman–Crippen LogP) is 4.07. The summed E-state index contributed by atoms with van der Waals surface area (Å²) in [5, 5.41) is 3.50. The zero-order valence-electron chi connectivity index (χ0n) is 15.6. The quantitative estimate of drug-likeness (QED) is 0.901. The summed E-state index contributed by atoms with van der Waals surface area (Å²) < 4.78 is 0. The predicted molar refractivity (Wildman–Crippen MR) is 101 cm³/mol. The molecule has 4 rings (SSSR count). The average Bonchev–Trinajstić information content (AvgIpc) is 2.55. The minimum atomic E-state index is 0.435. The van der Waals surface area contributed by atoms with Gasteiger partial charge in [-0.3, -0.25) is 0 Å². The van der Waals surface area contributed by atoms with Gasteiger partial charge in [-0.05, 0) is 60.3 Å². The summed E-state index contributed by atoms with van der Waals surface area (Å²) >= 11 is 0. The van der Waals surface area contributed by atoms with Gasteiger partial charge in [0.15, 0.2) is 0 Å². The Kier molecular flexibility index (Phi) is 4.47. The Morgan fingerprint density at radius 3 is 2.58 bits per heavy atom. The van der Waals surface area contributed by atoms with Crippen LogP contribution >= 0.6 is 0 Å². The Bertz CT molecular complexity index is 546. The van der Waals surface area contributed by atoms with E-state index in [-0.39, 0.29) is 0 Å². The van der Waals surface area contributed by atoms with Crippen LogP contribution in [0.3, 0.4) is 0 Å². The summed E-state index contributed by atoms with van der Waals surface area (Å²) in [4.78, 5) is 2.72. The summed E-state index contributed by atoms with van der Waals surface area (Å²) in [6.07, 6.45) is 7.10. The van der Waals surface area contributed by atoms with E-state index in [0.717, 1.165) is 11.8 Å². The van der Waals surface area contributed by atoms with Crippen molar-refractivity contribution in [2.75, 3.05) is 32.7 Å². The molecule has 1 saturated heterocycles. The standard InChI is InChI=1S/C22H34N2/c1-18-12-19-14-21(2,17-24-10-8-23-9-11-24)16-22(13-18,15-19)20-6-4-3-5-7-20/h3-7,18-19,23H,8-17H2,1-2H3. The molecule has 2 aliphatic carbocycles. The minimum absolute atomic E-state index is 0.435. The topological polar surface area (TPSA) is 15.3 Å². The van der Waals surface area contributed by atoms with Gasteiger partial charge < -0.3 is 10.2 Å². The van der Waals surface area contributed by atoms with Crippen LogP contribution in [0.4, 0.5) is 0 Å². The van der Waals surface area contributed by atoms with Crippen LogP contribution in [-0.2, 0) is 5.41 Å². The molecule has 1 N–H and O–H groups in total. The van der Waals surface area contributed by atoms with Gasteiger partial charge in [0.1, 0.15) is 0 Å². The van der Waals surface area contributed by atoms with Crippen molar-refractivity contribution in [2.45, 2.75) is 51.4 Å². The zero-order chi connectivity index (χ0) is 16.6. The van der Waals surface area contributed by atoms with Gasteiger partial charge in [0.25, 0.3) is 0 Å². The lowest BCUT2D eigenvalue weighted by molar-refractivity contribution is -0.00247. The van der Waals surface area contributed by atoms with Crippen molar-refractivity contribution in [2.24, 2.45) is 17.3 Å². The van der Waals surface area contributed by atoms with E-state index in [9.17, 15) is 0 Å². The Morgan fingerprint density at radius 2 is 1.83 bits per heavy atom. The van der Waals surface area contributed by atoms with Crippen LogP contribution in [0.2, 0.25) is 0 Å². The number of benzene rings is 1. The van der Waals surface area contributed by atoms with Gasteiger partial charge in [-0.2, -0.15) is 0 Å². The van der Waals surface area contributed by atoms with Crippen molar-refractivity contribution in [1.82, 2.24) is 10.2 Å². The zero-order valence-corrected chi connectivity index (χ0v) is 15.6. The third-order valence-electron chi connectivity index (χ3n) is 6.90. The van der Waals surface area contributed by atoms with Crippen LogP contribution < -0.4 is 5.32 Å². The molecule has 1 aromatic carbocycles. The van der Waals surface area contributed by atoms with Gasteiger partial charge in [0, 0.05) is 32.7 Å². The minimum Gasteiger partial charge on any atom is -0.314 e. The van der Waals surface area contributed by atoms with Crippen molar-refractivity contribution in [3.63, 3.8) is 0 Å². The van der Waals surface area contributed by atoms with Crippen molar-refractivity contribution in [3.05, 3.63) is 35.9 Å². The van der Waals surface area contributed by atoms with Crippen LogP contribution in [-0.4, -0.2) is 37.6 Å². The molecule has 2 heteroatoms. The highest BCUT2D eigenvalue weighted by molar-refractivity contribution is 5.28. The second-order valence-corrected chi connectivity index (χ2v) is 9.48. The summed E-state index contributed by atoms with van der Waals surface area (Å²) in [6, 6.07) is 11.5. The molecular formula is C22H34N2. The lowest BCUT2D eigenvalue weighted by Gasteiger charge is -2.56. The molecule has 1 aliphatic heterocycles. The van der Waals surface area contributed by atoms with Gasteiger partial charge in [-0.15, -0.1) is 0 Å². The van der Waals surface area contributed by atoms with E-state index < -0.39 is 0 Å². The largest absolute Gasteiger partial charge is 0.314 e. The second-order valence-electron chi connectivity index (χ2n) is 9.48. The Labute approximate surface area is 148 Å². The molecule has 2 bridgehead atoms. The average molecular weight is 327 g/mol. The molecule has 4 unspecified atom stereocenters. The van der Waals surface area contributed by atoms with E-state index in [0.29, 0.717) is 10.8 Å². The molecule has 3 fully saturated rings. The molecule has 0 spiro atoms.